The lowest BCUT2D eigenvalue weighted by molar-refractivity contribution is 0.0699. The second-order valence-corrected chi connectivity index (χ2v) is 4.91. The molecule has 2 N–H and O–H groups in total. The third kappa shape index (κ3) is 1.43. The third-order valence-electron chi connectivity index (χ3n) is 3.72. The molecule has 2 aliphatic rings. The topological polar surface area (TPSA) is 53.1 Å². The van der Waals surface area contributed by atoms with E-state index in [2.05, 4.69) is 17.1 Å². The van der Waals surface area contributed by atoms with Crippen molar-refractivity contribution >= 4 is 27.6 Å². The molecule has 0 fully saturated rings. The van der Waals surface area contributed by atoms with Crippen LogP contribution in [0.25, 0.3) is 32.9 Å². The molecule has 0 unspecified atom stereocenters. The predicted molar refractivity (Wildman–Crippen MR) is 79.4 cm³/mol. The fourth-order valence-corrected chi connectivity index (χ4v) is 2.80. The van der Waals surface area contributed by atoms with Gasteiger partial charge in [-0.1, -0.05) is 36.4 Å². The van der Waals surface area contributed by atoms with E-state index in [0.29, 0.717) is 11.1 Å². The number of carboxylic acids is 1. The first-order chi connectivity index (χ1) is 9.74. The van der Waals surface area contributed by atoms with Crippen LogP contribution in [0.15, 0.2) is 54.6 Å². The molecule has 1 heterocycles. The van der Waals surface area contributed by atoms with E-state index >= 15 is 0 Å². The molecule has 0 aromatic heterocycles. The quantitative estimate of drug-likeness (QED) is 0.541. The molecule has 4 rings (SSSR count). The highest BCUT2D eigenvalue weighted by atomic mass is 16.4. The number of carboxylic acid groups (broad SMARTS) is 1. The number of pyridine rings is 1. The van der Waals surface area contributed by atoms with Gasteiger partial charge in [-0.05, 0) is 34.5 Å². The zero-order chi connectivity index (χ0) is 13.7. The van der Waals surface area contributed by atoms with Crippen molar-refractivity contribution in [1.82, 2.24) is 4.98 Å². The Bertz CT molecular complexity index is 936. The molecule has 0 bridgehead atoms. The van der Waals surface area contributed by atoms with Gasteiger partial charge in [0.05, 0.1) is 16.8 Å². The van der Waals surface area contributed by atoms with Crippen LogP contribution in [0.3, 0.4) is 0 Å². The van der Waals surface area contributed by atoms with E-state index < -0.39 is 5.97 Å². The van der Waals surface area contributed by atoms with Crippen molar-refractivity contribution in [3.63, 3.8) is 0 Å². The van der Waals surface area contributed by atoms with Gasteiger partial charge in [-0.3, -0.25) is 0 Å². The van der Waals surface area contributed by atoms with Gasteiger partial charge in [-0.15, -0.1) is 0 Å². The summed E-state index contributed by atoms with van der Waals surface area (Å²) in [6, 6.07) is 17.6. The van der Waals surface area contributed by atoms with E-state index in [1.54, 1.807) is 12.1 Å². The summed E-state index contributed by atoms with van der Waals surface area (Å²) in [5.41, 5.74) is 3.06. The summed E-state index contributed by atoms with van der Waals surface area (Å²) in [4.78, 5) is 14.6. The van der Waals surface area contributed by atoms with E-state index in [0.717, 1.165) is 27.4 Å². The largest absolute Gasteiger partial charge is 0.478 e. The van der Waals surface area contributed by atoms with E-state index in [4.69, 9.17) is 0 Å². The number of aromatic amines is 1. The maximum atomic E-state index is 11.3. The van der Waals surface area contributed by atoms with Crippen molar-refractivity contribution in [3.8, 4) is 11.3 Å². The molecule has 3 heteroatoms. The zero-order valence-corrected chi connectivity index (χ0v) is 10.6. The number of nitrogens with one attached hydrogen (secondary N) is 1. The lowest BCUT2D eigenvalue weighted by atomic mass is 10.1. The van der Waals surface area contributed by atoms with Gasteiger partial charge in [0.2, 0.25) is 0 Å². The number of rotatable bonds is 1. The van der Waals surface area contributed by atoms with E-state index in [-0.39, 0.29) is 0 Å². The number of fused-ring (bicyclic) bond motifs is 4. The van der Waals surface area contributed by atoms with Crippen LogP contribution >= 0.6 is 0 Å². The molecule has 2 aromatic carbocycles. The molecule has 0 atom stereocenters. The van der Waals surface area contributed by atoms with Gasteiger partial charge in [0.15, 0.2) is 0 Å². The van der Waals surface area contributed by atoms with Crippen LogP contribution in [0.2, 0.25) is 0 Å². The highest BCUT2D eigenvalue weighted by Gasteiger charge is 2.14. The molecule has 3 nitrogen and oxygen atoms in total. The Hall–Kier alpha value is -2.81. The number of hydrogen-bond donors (Lipinski definition) is 2. The molecule has 0 saturated carbocycles. The standard InChI is InChI=1S/C17H11NO2/c19-17(20)14-7-3-5-11-9-12-8-10-4-1-2-6-13(10)16(12)18-15(11)14/h1-9,18H,(H,19,20). The van der Waals surface area contributed by atoms with Gasteiger partial charge in [-0.25, -0.2) is 4.79 Å². The molecule has 0 saturated heterocycles. The van der Waals surface area contributed by atoms with Gasteiger partial charge in [0, 0.05) is 5.39 Å². The number of benzene rings is 2. The Morgan fingerprint density at radius 3 is 2.55 bits per heavy atom. The summed E-state index contributed by atoms with van der Waals surface area (Å²) in [5, 5.41) is 12.5. The molecular formula is C17H11NO2. The SMILES string of the molecule is O=C(O)c1cccc2cc3cc4ccccc4c-3[nH]c12. The Kier molecular flexibility index (Phi) is 2.12. The van der Waals surface area contributed by atoms with Crippen molar-refractivity contribution in [1.29, 1.82) is 0 Å². The van der Waals surface area contributed by atoms with Gasteiger partial charge in [0.1, 0.15) is 0 Å². The first-order valence-electron chi connectivity index (χ1n) is 6.40. The summed E-state index contributed by atoms with van der Waals surface area (Å²) >= 11 is 0. The first kappa shape index (κ1) is 11.1. The van der Waals surface area contributed by atoms with Gasteiger partial charge >= 0.3 is 5.97 Å². The van der Waals surface area contributed by atoms with Crippen LogP contribution < -0.4 is 0 Å². The lowest BCUT2D eigenvalue weighted by Crippen LogP contribution is -1.99. The van der Waals surface area contributed by atoms with Crippen molar-refractivity contribution in [3.05, 3.63) is 60.2 Å². The number of aromatic carboxylic acids is 1. The van der Waals surface area contributed by atoms with Crippen LogP contribution in [0, 0.1) is 0 Å². The second-order valence-electron chi connectivity index (χ2n) is 4.91. The molecule has 0 radical (unpaired) electrons. The number of carbonyl (C=O) groups is 1. The van der Waals surface area contributed by atoms with E-state index in [1.807, 2.05) is 30.3 Å². The Morgan fingerprint density at radius 1 is 0.950 bits per heavy atom. The zero-order valence-electron chi connectivity index (χ0n) is 10.6. The average molecular weight is 261 g/mol. The fourth-order valence-electron chi connectivity index (χ4n) is 2.80. The average Bonchev–Trinajstić information content (AvgIpc) is 2.81. The minimum atomic E-state index is -0.915. The molecule has 0 amide bonds. The van der Waals surface area contributed by atoms with Crippen molar-refractivity contribution in [2.75, 3.05) is 0 Å². The van der Waals surface area contributed by atoms with E-state index in [1.165, 1.54) is 0 Å². The van der Waals surface area contributed by atoms with Crippen molar-refractivity contribution in [2.24, 2.45) is 0 Å². The maximum absolute atomic E-state index is 11.3. The summed E-state index contributed by atoms with van der Waals surface area (Å²) in [6.45, 7) is 0. The number of para-hydroxylation sites is 1. The molecular weight excluding hydrogens is 250 g/mol. The first-order valence-corrected chi connectivity index (χ1v) is 6.40. The van der Waals surface area contributed by atoms with Crippen molar-refractivity contribution in [2.45, 2.75) is 0 Å². The van der Waals surface area contributed by atoms with E-state index in [9.17, 15) is 9.90 Å². The van der Waals surface area contributed by atoms with Crippen LogP contribution in [0.4, 0.5) is 0 Å². The highest BCUT2D eigenvalue weighted by molar-refractivity contribution is 6.07. The van der Waals surface area contributed by atoms with Gasteiger partial charge in [0.25, 0.3) is 0 Å². The number of hydrogen-bond acceptors (Lipinski definition) is 1. The minimum absolute atomic E-state index is 0.301. The molecule has 1 aliphatic heterocycles. The molecule has 1 aliphatic carbocycles. The maximum Gasteiger partial charge on any atom is 0.337 e. The van der Waals surface area contributed by atoms with Crippen LogP contribution in [0.1, 0.15) is 10.4 Å². The van der Waals surface area contributed by atoms with Crippen LogP contribution in [-0.2, 0) is 0 Å². The van der Waals surface area contributed by atoms with Crippen molar-refractivity contribution < 1.29 is 9.90 Å². The Labute approximate surface area is 114 Å². The van der Waals surface area contributed by atoms with Crippen LogP contribution in [-0.4, -0.2) is 16.1 Å². The minimum Gasteiger partial charge on any atom is -0.478 e. The monoisotopic (exact) mass is 261 g/mol. The van der Waals surface area contributed by atoms with Crippen LogP contribution in [0.5, 0.6) is 0 Å². The number of aromatic nitrogens is 1. The predicted octanol–water partition coefficient (Wildman–Crippen LogP) is 4.12. The summed E-state index contributed by atoms with van der Waals surface area (Å²) in [5.74, 6) is -0.915. The molecule has 2 aromatic rings. The number of H-pyrrole nitrogens is 1. The Balaban J connectivity index is 2.20. The molecule has 20 heavy (non-hydrogen) atoms. The smallest absolute Gasteiger partial charge is 0.337 e. The summed E-state index contributed by atoms with van der Waals surface area (Å²) < 4.78 is 0. The fraction of sp³-hybridized carbons (Fsp3) is 0. The molecule has 96 valence electrons. The van der Waals surface area contributed by atoms with Gasteiger partial charge < -0.3 is 10.1 Å². The Morgan fingerprint density at radius 2 is 1.70 bits per heavy atom. The van der Waals surface area contributed by atoms with Gasteiger partial charge in [-0.2, -0.15) is 0 Å². The lowest BCUT2D eigenvalue weighted by Gasteiger charge is -2.07. The molecule has 0 spiro atoms. The normalized spacial score (nSPS) is 11.4. The third-order valence-corrected chi connectivity index (χ3v) is 3.72. The second kappa shape index (κ2) is 3.84. The summed E-state index contributed by atoms with van der Waals surface area (Å²) in [7, 11) is 0. The summed E-state index contributed by atoms with van der Waals surface area (Å²) in [6.07, 6.45) is 0. The highest BCUT2D eigenvalue weighted by Crippen LogP contribution is 2.35.